The molecule has 2 aromatic rings. The van der Waals surface area contributed by atoms with E-state index in [-0.39, 0.29) is 5.91 Å². The Morgan fingerprint density at radius 2 is 1.67 bits per heavy atom. The van der Waals surface area contributed by atoms with Gasteiger partial charge in [-0.15, -0.1) is 0 Å². The minimum atomic E-state index is -0.158. The summed E-state index contributed by atoms with van der Waals surface area (Å²) < 4.78 is 11.0. The molecule has 126 valence electrons. The molecule has 24 heavy (non-hydrogen) atoms. The summed E-state index contributed by atoms with van der Waals surface area (Å²) in [6, 6.07) is 14.4. The van der Waals surface area contributed by atoms with Gasteiger partial charge in [0.05, 0.1) is 6.61 Å². The summed E-state index contributed by atoms with van der Waals surface area (Å²) >= 11 is 0. The average molecular weight is 325 g/mol. The number of ether oxygens (including phenoxy) is 2. The van der Waals surface area contributed by atoms with Gasteiger partial charge in [-0.05, 0) is 55.0 Å². The van der Waals surface area contributed by atoms with Gasteiger partial charge in [0.1, 0.15) is 18.1 Å². The Balaban J connectivity index is 1.90. The minimum Gasteiger partial charge on any atom is -0.494 e. The maximum absolute atomic E-state index is 12.2. The van der Waals surface area contributed by atoms with Crippen LogP contribution in [0.25, 0.3) is 0 Å². The predicted octanol–water partition coefficient (Wildman–Crippen LogP) is 4.68. The molecule has 0 aliphatic carbocycles. The summed E-state index contributed by atoms with van der Waals surface area (Å²) in [5, 5.41) is 2.86. The van der Waals surface area contributed by atoms with Crippen LogP contribution >= 0.6 is 0 Å². The predicted molar refractivity (Wildman–Crippen MR) is 96.9 cm³/mol. The molecule has 0 saturated heterocycles. The third-order valence-corrected chi connectivity index (χ3v) is 3.36. The second kappa shape index (κ2) is 9.40. The second-order valence-corrected chi connectivity index (χ2v) is 5.30. The highest BCUT2D eigenvalue weighted by molar-refractivity contribution is 6.04. The molecular formula is C20H23NO3. The molecule has 0 unspecified atom stereocenters. The fourth-order valence-electron chi connectivity index (χ4n) is 2.03. The van der Waals surface area contributed by atoms with Crippen molar-refractivity contribution in [2.75, 3.05) is 18.5 Å². The highest BCUT2D eigenvalue weighted by Crippen LogP contribution is 2.18. The van der Waals surface area contributed by atoms with Crippen LogP contribution in [-0.4, -0.2) is 19.1 Å². The summed E-state index contributed by atoms with van der Waals surface area (Å²) in [7, 11) is 0. The van der Waals surface area contributed by atoms with E-state index in [9.17, 15) is 4.79 Å². The topological polar surface area (TPSA) is 47.6 Å². The first-order chi connectivity index (χ1) is 11.7. The number of anilines is 1. The number of rotatable bonds is 9. The Kier molecular flexibility index (Phi) is 6.90. The fourth-order valence-corrected chi connectivity index (χ4v) is 2.03. The van der Waals surface area contributed by atoms with E-state index < -0.39 is 0 Å². The summed E-state index contributed by atoms with van der Waals surface area (Å²) in [5.41, 5.74) is 1.30. The lowest BCUT2D eigenvalue weighted by atomic mass is 10.2. The van der Waals surface area contributed by atoms with Crippen molar-refractivity contribution in [3.8, 4) is 11.5 Å². The van der Waals surface area contributed by atoms with Crippen LogP contribution in [0.1, 0.15) is 30.1 Å². The zero-order valence-corrected chi connectivity index (χ0v) is 14.0. The van der Waals surface area contributed by atoms with Gasteiger partial charge in [0.25, 0.3) is 5.91 Å². The summed E-state index contributed by atoms with van der Waals surface area (Å²) in [5.74, 6) is 1.36. The summed E-state index contributed by atoms with van der Waals surface area (Å²) in [6.45, 7) is 6.88. The van der Waals surface area contributed by atoms with Crippen LogP contribution in [0.4, 0.5) is 5.69 Å². The van der Waals surface area contributed by atoms with Crippen LogP contribution in [0.3, 0.4) is 0 Å². The van der Waals surface area contributed by atoms with Gasteiger partial charge >= 0.3 is 0 Å². The molecule has 0 fully saturated rings. The Bertz CT molecular complexity index is 648. The molecule has 0 aliphatic heterocycles. The van der Waals surface area contributed by atoms with Gasteiger partial charge in [-0.1, -0.05) is 26.0 Å². The third-order valence-electron chi connectivity index (χ3n) is 3.36. The number of unbranched alkanes of at least 4 members (excludes halogenated alkanes) is 1. The van der Waals surface area contributed by atoms with E-state index in [1.165, 1.54) is 0 Å². The van der Waals surface area contributed by atoms with Crippen LogP contribution in [0.15, 0.2) is 61.2 Å². The lowest BCUT2D eigenvalue weighted by Gasteiger charge is -2.08. The van der Waals surface area contributed by atoms with Crippen molar-refractivity contribution in [1.29, 1.82) is 0 Å². The molecule has 2 aromatic carbocycles. The van der Waals surface area contributed by atoms with E-state index in [1.807, 2.05) is 24.3 Å². The Hall–Kier alpha value is -2.75. The van der Waals surface area contributed by atoms with Crippen LogP contribution in [0.5, 0.6) is 11.5 Å². The molecule has 0 aliphatic rings. The van der Waals surface area contributed by atoms with Crippen molar-refractivity contribution in [3.05, 3.63) is 66.7 Å². The average Bonchev–Trinajstić information content (AvgIpc) is 2.62. The first-order valence-corrected chi connectivity index (χ1v) is 8.11. The molecule has 0 heterocycles. The van der Waals surface area contributed by atoms with Crippen molar-refractivity contribution in [3.63, 3.8) is 0 Å². The highest BCUT2D eigenvalue weighted by Gasteiger charge is 2.06. The second-order valence-electron chi connectivity index (χ2n) is 5.30. The van der Waals surface area contributed by atoms with Crippen molar-refractivity contribution >= 4 is 11.6 Å². The first-order valence-electron chi connectivity index (χ1n) is 8.11. The molecule has 1 N–H and O–H groups in total. The summed E-state index contributed by atoms with van der Waals surface area (Å²) in [6.07, 6.45) is 3.80. The van der Waals surface area contributed by atoms with Crippen molar-refractivity contribution in [2.45, 2.75) is 19.8 Å². The molecule has 1 amide bonds. The van der Waals surface area contributed by atoms with E-state index in [2.05, 4.69) is 18.8 Å². The number of hydrogen-bond acceptors (Lipinski definition) is 3. The molecule has 0 saturated carbocycles. The van der Waals surface area contributed by atoms with Gasteiger partial charge in [0.15, 0.2) is 0 Å². The lowest BCUT2D eigenvalue weighted by molar-refractivity contribution is 0.102. The van der Waals surface area contributed by atoms with Crippen molar-refractivity contribution in [2.24, 2.45) is 0 Å². The normalized spacial score (nSPS) is 10.0. The number of carbonyl (C=O) groups excluding carboxylic acids is 1. The Labute approximate surface area is 143 Å². The van der Waals surface area contributed by atoms with E-state index in [0.29, 0.717) is 24.5 Å². The molecule has 0 spiro atoms. The molecule has 0 atom stereocenters. The Morgan fingerprint density at radius 3 is 2.29 bits per heavy atom. The van der Waals surface area contributed by atoms with E-state index in [1.54, 1.807) is 30.3 Å². The van der Waals surface area contributed by atoms with Crippen LogP contribution in [0, 0.1) is 0 Å². The van der Waals surface area contributed by atoms with Gasteiger partial charge in [-0.3, -0.25) is 4.79 Å². The van der Waals surface area contributed by atoms with E-state index in [4.69, 9.17) is 9.47 Å². The third kappa shape index (κ3) is 5.47. The van der Waals surface area contributed by atoms with E-state index >= 15 is 0 Å². The van der Waals surface area contributed by atoms with Crippen molar-refractivity contribution < 1.29 is 14.3 Å². The summed E-state index contributed by atoms with van der Waals surface area (Å²) in [4.78, 5) is 12.2. The number of amides is 1. The molecule has 0 aromatic heterocycles. The monoisotopic (exact) mass is 325 g/mol. The van der Waals surface area contributed by atoms with Crippen LogP contribution in [0.2, 0.25) is 0 Å². The molecule has 2 rings (SSSR count). The molecule has 0 radical (unpaired) electrons. The number of benzene rings is 2. The molecule has 4 nitrogen and oxygen atoms in total. The maximum atomic E-state index is 12.2. The van der Waals surface area contributed by atoms with Crippen LogP contribution in [-0.2, 0) is 0 Å². The van der Waals surface area contributed by atoms with E-state index in [0.717, 1.165) is 24.3 Å². The number of hydrogen-bond donors (Lipinski definition) is 1. The van der Waals surface area contributed by atoms with Gasteiger partial charge in [-0.2, -0.15) is 0 Å². The van der Waals surface area contributed by atoms with Crippen LogP contribution < -0.4 is 14.8 Å². The molecule has 4 heteroatoms. The largest absolute Gasteiger partial charge is 0.494 e. The Morgan fingerprint density at radius 1 is 1.04 bits per heavy atom. The molecular weight excluding hydrogens is 302 g/mol. The lowest BCUT2D eigenvalue weighted by Crippen LogP contribution is -2.11. The van der Waals surface area contributed by atoms with Gasteiger partial charge in [-0.25, -0.2) is 0 Å². The standard InChI is InChI=1S/C20H23NO3/c1-3-5-15-24-18-10-6-16(7-11-18)20(22)21-17-8-12-19(13-9-17)23-14-4-2/h4,6-13H,2-3,5,14-15H2,1H3,(H,21,22). The highest BCUT2D eigenvalue weighted by atomic mass is 16.5. The zero-order valence-electron chi connectivity index (χ0n) is 14.0. The SMILES string of the molecule is C=CCOc1ccc(NC(=O)c2ccc(OCCCC)cc2)cc1. The maximum Gasteiger partial charge on any atom is 0.255 e. The van der Waals surface area contributed by atoms with Gasteiger partial charge in [0, 0.05) is 11.3 Å². The molecule has 0 bridgehead atoms. The quantitative estimate of drug-likeness (QED) is 0.538. The first kappa shape index (κ1) is 17.6. The number of carbonyl (C=O) groups is 1. The number of nitrogens with one attached hydrogen (secondary N) is 1. The van der Waals surface area contributed by atoms with Gasteiger partial charge in [0.2, 0.25) is 0 Å². The van der Waals surface area contributed by atoms with Crippen molar-refractivity contribution in [1.82, 2.24) is 0 Å². The zero-order chi connectivity index (χ0) is 17.2. The fraction of sp³-hybridized carbons (Fsp3) is 0.250. The minimum absolute atomic E-state index is 0.158. The smallest absolute Gasteiger partial charge is 0.255 e. The van der Waals surface area contributed by atoms with Gasteiger partial charge < -0.3 is 14.8 Å².